The fraction of sp³-hybridized carbons (Fsp3) is 0.429. The molecule has 0 saturated carbocycles. The molecule has 4 heteroatoms. The zero-order valence-electron chi connectivity index (χ0n) is 10.3. The summed E-state index contributed by atoms with van der Waals surface area (Å²) in [6, 6.07) is 7.17. The lowest BCUT2D eigenvalue weighted by Gasteiger charge is -2.18. The summed E-state index contributed by atoms with van der Waals surface area (Å²) in [6.07, 6.45) is 2.19. The Kier molecular flexibility index (Phi) is 4.20. The van der Waals surface area contributed by atoms with Gasteiger partial charge in [0.2, 0.25) is 0 Å². The van der Waals surface area contributed by atoms with Gasteiger partial charge in [-0.05, 0) is 37.2 Å². The summed E-state index contributed by atoms with van der Waals surface area (Å²) in [5.74, 6) is 1.41. The molecule has 2 rings (SSSR count). The fourth-order valence-corrected chi connectivity index (χ4v) is 1.84. The van der Waals surface area contributed by atoms with E-state index in [1.807, 2.05) is 0 Å². The Bertz CT molecular complexity index is 385. The van der Waals surface area contributed by atoms with Gasteiger partial charge in [-0.25, -0.2) is 4.39 Å². The molecule has 1 heterocycles. The van der Waals surface area contributed by atoms with E-state index in [0.29, 0.717) is 31.9 Å². The molecule has 18 heavy (non-hydrogen) atoms. The zero-order valence-corrected chi connectivity index (χ0v) is 10.3. The number of rotatable bonds is 6. The van der Waals surface area contributed by atoms with Crippen LogP contribution in [0.25, 0.3) is 0 Å². The summed E-state index contributed by atoms with van der Waals surface area (Å²) in [5, 5.41) is 3.00. The van der Waals surface area contributed by atoms with Gasteiger partial charge in [-0.1, -0.05) is 12.7 Å². The van der Waals surface area contributed by atoms with E-state index in [0.717, 1.165) is 5.75 Å². The Morgan fingerprint density at radius 1 is 1.28 bits per heavy atom. The van der Waals surface area contributed by atoms with Gasteiger partial charge in [-0.15, -0.1) is 0 Å². The lowest BCUT2D eigenvalue weighted by Crippen LogP contribution is -2.33. The van der Waals surface area contributed by atoms with E-state index in [2.05, 4.69) is 11.9 Å². The minimum absolute atomic E-state index is 0.0901. The van der Waals surface area contributed by atoms with Crippen molar-refractivity contribution in [3.8, 4) is 11.5 Å². The topological polar surface area (TPSA) is 30.5 Å². The molecule has 0 amide bonds. The van der Waals surface area contributed by atoms with Gasteiger partial charge in [-0.2, -0.15) is 0 Å². The number of ether oxygens (including phenoxy) is 2. The maximum absolute atomic E-state index is 14.0. The molecule has 0 bridgehead atoms. The highest BCUT2D eigenvalue weighted by atomic mass is 19.1. The van der Waals surface area contributed by atoms with Gasteiger partial charge in [0.1, 0.15) is 24.7 Å². The Morgan fingerprint density at radius 2 is 1.94 bits per heavy atom. The molecule has 1 N–H and O–H groups in total. The number of halogens is 1. The van der Waals surface area contributed by atoms with Crippen molar-refractivity contribution >= 4 is 0 Å². The van der Waals surface area contributed by atoms with Crippen LogP contribution in [0.3, 0.4) is 0 Å². The predicted octanol–water partition coefficient (Wildman–Crippen LogP) is 2.33. The molecule has 1 aromatic rings. The van der Waals surface area contributed by atoms with Crippen LogP contribution in [0.4, 0.5) is 4.39 Å². The van der Waals surface area contributed by atoms with E-state index in [4.69, 9.17) is 9.47 Å². The fourth-order valence-electron chi connectivity index (χ4n) is 1.84. The highest BCUT2D eigenvalue weighted by Gasteiger charge is 2.34. The summed E-state index contributed by atoms with van der Waals surface area (Å²) < 4.78 is 24.8. The number of benzene rings is 1. The van der Waals surface area contributed by atoms with E-state index in [9.17, 15) is 4.39 Å². The monoisotopic (exact) mass is 251 g/mol. The summed E-state index contributed by atoms with van der Waals surface area (Å²) in [5.41, 5.74) is -1.24. The molecular formula is C14H18FNO2. The Balaban J connectivity index is 1.84. The van der Waals surface area contributed by atoms with Crippen molar-refractivity contribution < 1.29 is 13.9 Å². The standard InChI is InChI=1S/C14H18FNO2/c1-2-9-17-12-3-5-13(6-4-12)18-11-14(15)7-8-16-10-14/h2-6,16H,1,7-11H2. The normalized spacial score (nSPS) is 22.7. The van der Waals surface area contributed by atoms with Crippen LogP contribution in [0.2, 0.25) is 0 Å². The summed E-state index contributed by atoms with van der Waals surface area (Å²) in [7, 11) is 0. The molecule has 3 nitrogen and oxygen atoms in total. The third-order valence-electron chi connectivity index (χ3n) is 2.88. The SMILES string of the molecule is C=CCOc1ccc(OCC2(F)CCNC2)cc1. The van der Waals surface area contributed by atoms with Crippen LogP contribution in [0.15, 0.2) is 36.9 Å². The summed E-state index contributed by atoms with van der Waals surface area (Å²) >= 11 is 0. The first kappa shape index (κ1) is 12.9. The number of hydrogen-bond acceptors (Lipinski definition) is 3. The minimum Gasteiger partial charge on any atom is -0.490 e. The van der Waals surface area contributed by atoms with Crippen molar-refractivity contribution in [2.45, 2.75) is 12.1 Å². The van der Waals surface area contributed by atoms with E-state index in [1.54, 1.807) is 30.3 Å². The molecule has 98 valence electrons. The average Bonchev–Trinajstić information content (AvgIpc) is 2.83. The van der Waals surface area contributed by atoms with E-state index >= 15 is 0 Å². The van der Waals surface area contributed by atoms with Crippen LogP contribution >= 0.6 is 0 Å². The summed E-state index contributed by atoms with van der Waals surface area (Å²) in [4.78, 5) is 0. The quantitative estimate of drug-likeness (QED) is 0.787. The van der Waals surface area contributed by atoms with Crippen molar-refractivity contribution in [2.75, 3.05) is 26.3 Å². The van der Waals surface area contributed by atoms with Crippen molar-refractivity contribution in [3.05, 3.63) is 36.9 Å². The average molecular weight is 251 g/mol. The number of nitrogens with one attached hydrogen (secondary N) is 1. The van der Waals surface area contributed by atoms with Gasteiger partial charge in [0, 0.05) is 6.54 Å². The zero-order chi connectivity index (χ0) is 12.8. The van der Waals surface area contributed by atoms with Crippen LogP contribution in [-0.4, -0.2) is 32.0 Å². The first-order chi connectivity index (χ1) is 8.72. The maximum atomic E-state index is 14.0. The Hall–Kier alpha value is -1.55. The lowest BCUT2D eigenvalue weighted by atomic mass is 10.1. The number of hydrogen-bond donors (Lipinski definition) is 1. The van der Waals surface area contributed by atoms with Crippen LogP contribution < -0.4 is 14.8 Å². The molecule has 1 aliphatic rings. The molecule has 1 atom stereocenters. The van der Waals surface area contributed by atoms with Crippen LogP contribution in [0.1, 0.15) is 6.42 Å². The van der Waals surface area contributed by atoms with Crippen molar-refractivity contribution in [1.82, 2.24) is 5.32 Å². The van der Waals surface area contributed by atoms with E-state index < -0.39 is 5.67 Å². The molecule has 0 spiro atoms. The second kappa shape index (κ2) is 5.87. The first-order valence-electron chi connectivity index (χ1n) is 6.08. The minimum atomic E-state index is -1.24. The molecule has 1 aliphatic heterocycles. The van der Waals surface area contributed by atoms with Gasteiger partial charge >= 0.3 is 0 Å². The van der Waals surface area contributed by atoms with Crippen molar-refractivity contribution in [2.24, 2.45) is 0 Å². The molecule has 1 saturated heterocycles. The van der Waals surface area contributed by atoms with Crippen LogP contribution in [0.5, 0.6) is 11.5 Å². The number of alkyl halides is 1. The van der Waals surface area contributed by atoms with Gasteiger partial charge in [0.05, 0.1) is 0 Å². The smallest absolute Gasteiger partial charge is 0.158 e. The largest absolute Gasteiger partial charge is 0.490 e. The predicted molar refractivity (Wildman–Crippen MR) is 69.0 cm³/mol. The highest BCUT2D eigenvalue weighted by Crippen LogP contribution is 2.23. The second-order valence-corrected chi connectivity index (χ2v) is 4.44. The molecular weight excluding hydrogens is 233 g/mol. The van der Waals surface area contributed by atoms with E-state index in [1.165, 1.54) is 0 Å². The summed E-state index contributed by atoms with van der Waals surface area (Å²) in [6.45, 7) is 5.22. The molecule has 0 aliphatic carbocycles. The highest BCUT2D eigenvalue weighted by molar-refractivity contribution is 5.31. The molecule has 1 unspecified atom stereocenters. The van der Waals surface area contributed by atoms with Gasteiger partial charge in [0.25, 0.3) is 0 Å². The van der Waals surface area contributed by atoms with Gasteiger partial charge < -0.3 is 14.8 Å². The third kappa shape index (κ3) is 3.47. The molecule has 1 fully saturated rings. The Morgan fingerprint density at radius 3 is 2.50 bits per heavy atom. The Labute approximate surface area is 107 Å². The maximum Gasteiger partial charge on any atom is 0.158 e. The van der Waals surface area contributed by atoms with Crippen molar-refractivity contribution in [1.29, 1.82) is 0 Å². The first-order valence-corrected chi connectivity index (χ1v) is 6.08. The van der Waals surface area contributed by atoms with E-state index in [-0.39, 0.29) is 6.61 Å². The third-order valence-corrected chi connectivity index (χ3v) is 2.88. The van der Waals surface area contributed by atoms with Crippen LogP contribution in [-0.2, 0) is 0 Å². The van der Waals surface area contributed by atoms with Crippen molar-refractivity contribution in [3.63, 3.8) is 0 Å². The second-order valence-electron chi connectivity index (χ2n) is 4.44. The molecule has 0 aromatic heterocycles. The van der Waals surface area contributed by atoms with Crippen LogP contribution in [0, 0.1) is 0 Å². The lowest BCUT2D eigenvalue weighted by molar-refractivity contribution is 0.103. The van der Waals surface area contributed by atoms with Gasteiger partial charge in [0.15, 0.2) is 5.67 Å². The molecule has 0 radical (unpaired) electrons. The molecule has 1 aromatic carbocycles. The van der Waals surface area contributed by atoms with Gasteiger partial charge in [-0.3, -0.25) is 0 Å².